The Labute approximate surface area is 163 Å². The molecule has 6 heteroatoms. The number of hydrogen-bond donors (Lipinski definition) is 0. The first kappa shape index (κ1) is 18.1. The van der Waals surface area contributed by atoms with Gasteiger partial charge in [0.25, 0.3) is 0 Å². The van der Waals surface area contributed by atoms with Gasteiger partial charge in [-0.2, -0.15) is 0 Å². The van der Waals surface area contributed by atoms with Gasteiger partial charge in [-0.3, -0.25) is 15.0 Å². The molecule has 1 aromatic heterocycles. The first-order valence-corrected chi connectivity index (χ1v) is 9.26. The summed E-state index contributed by atoms with van der Waals surface area (Å²) in [6, 6.07) is 24.3. The molecule has 0 bridgehead atoms. The average molecular weight is 375 g/mol. The van der Waals surface area contributed by atoms with Crippen LogP contribution in [0.25, 0.3) is 0 Å². The van der Waals surface area contributed by atoms with Crippen molar-refractivity contribution in [2.45, 2.75) is 18.7 Å². The number of benzene rings is 2. The molecule has 6 nitrogen and oxygen atoms in total. The molecule has 1 fully saturated rings. The highest BCUT2D eigenvalue weighted by Crippen LogP contribution is 2.33. The van der Waals surface area contributed by atoms with E-state index in [0.717, 1.165) is 13.1 Å². The van der Waals surface area contributed by atoms with Crippen molar-refractivity contribution in [3.05, 3.63) is 106 Å². The van der Waals surface area contributed by atoms with E-state index in [0.29, 0.717) is 11.4 Å². The quantitative estimate of drug-likeness (QED) is 0.465. The van der Waals surface area contributed by atoms with E-state index >= 15 is 0 Å². The minimum absolute atomic E-state index is 0.0216. The van der Waals surface area contributed by atoms with E-state index in [-0.39, 0.29) is 23.6 Å². The number of aromatic nitrogens is 1. The highest BCUT2D eigenvalue weighted by atomic mass is 16.6. The summed E-state index contributed by atoms with van der Waals surface area (Å²) in [6.07, 6.45) is 1.58. The lowest BCUT2D eigenvalue weighted by molar-refractivity contribution is -0.496. The monoisotopic (exact) mass is 375 g/mol. The molecule has 0 unspecified atom stereocenters. The maximum Gasteiger partial charge on any atom is 0.229 e. The van der Waals surface area contributed by atoms with Crippen LogP contribution in [0.15, 0.2) is 79.0 Å². The second kappa shape index (κ2) is 8.19. The van der Waals surface area contributed by atoms with Gasteiger partial charge in [-0.05, 0) is 17.2 Å². The number of nitro groups is 1. The molecule has 1 aliphatic heterocycles. The maximum atomic E-state index is 10.7. The van der Waals surface area contributed by atoms with Crippen LogP contribution in [0, 0.1) is 10.1 Å². The van der Waals surface area contributed by atoms with Crippen molar-refractivity contribution in [1.82, 2.24) is 9.88 Å². The van der Waals surface area contributed by atoms with Crippen molar-refractivity contribution in [2.24, 2.45) is 0 Å². The highest BCUT2D eigenvalue weighted by Gasteiger charge is 2.35. The van der Waals surface area contributed by atoms with Crippen LogP contribution in [-0.4, -0.2) is 34.0 Å². The molecule has 0 saturated carbocycles. The minimum Gasteiger partial charge on any atom is -0.472 e. The third kappa shape index (κ3) is 4.18. The summed E-state index contributed by atoms with van der Waals surface area (Å²) in [6.45, 7) is 1.32. The summed E-state index contributed by atoms with van der Waals surface area (Å²) in [4.78, 5) is 16.9. The van der Waals surface area contributed by atoms with Crippen molar-refractivity contribution in [3.8, 4) is 5.88 Å². The van der Waals surface area contributed by atoms with Crippen molar-refractivity contribution < 1.29 is 9.66 Å². The Bertz CT molecular complexity index is 889. The molecule has 0 spiro atoms. The normalized spacial score (nSPS) is 14.6. The van der Waals surface area contributed by atoms with Crippen molar-refractivity contribution >= 4 is 0 Å². The van der Waals surface area contributed by atoms with E-state index in [4.69, 9.17) is 4.74 Å². The molecule has 3 aromatic rings. The Morgan fingerprint density at radius 3 is 2.21 bits per heavy atom. The standard InChI is InChI=1S/C22H21N3O3/c26-25(27)14-17-11-12-23-21(13-17)28-20-15-24(16-20)22(18-7-3-1-4-8-18)19-9-5-2-6-10-19/h1-13,20,22H,14-16H2. The number of rotatable bonds is 7. The fourth-order valence-electron chi connectivity index (χ4n) is 3.57. The summed E-state index contributed by atoms with van der Waals surface area (Å²) in [5, 5.41) is 10.7. The molecule has 142 valence electrons. The van der Waals surface area contributed by atoms with Crippen LogP contribution in [0.4, 0.5) is 0 Å². The SMILES string of the molecule is O=[N+]([O-])Cc1ccnc(OC2CN(C(c3ccccc3)c3ccccc3)C2)c1. The summed E-state index contributed by atoms with van der Waals surface area (Å²) >= 11 is 0. The van der Waals surface area contributed by atoms with Gasteiger partial charge in [-0.1, -0.05) is 60.7 Å². The Balaban J connectivity index is 1.44. The highest BCUT2D eigenvalue weighted by molar-refractivity contribution is 5.32. The Morgan fingerprint density at radius 1 is 1.04 bits per heavy atom. The third-order valence-electron chi connectivity index (χ3n) is 4.87. The smallest absolute Gasteiger partial charge is 0.229 e. The first-order valence-electron chi connectivity index (χ1n) is 9.26. The number of likely N-dealkylation sites (tertiary alicyclic amines) is 1. The Morgan fingerprint density at radius 2 is 1.64 bits per heavy atom. The summed E-state index contributed by atoms with van der Waals surface area (Å²) < 4.78 is 5.95. The zero-order valence-electron chi connectivity index (χ0n) is 15.3. The van der Waals surface area contributed by atoms with Gasteiger partial charge in [0.1, 0.15) is 6.10 Å². The largest absolute Gasteiger partial charge is 0.472 e. The lowest BCUT2D eigenvalue weighted by Gasteiger charge is -2.44. The second-order valence-corrected chi connectivity index (χ2v) is 6.91. The lowest BCUT2D eigenvalue weighted by Crippen LogP contribution is -2.55. The molecule has 1 saturated heterocycles. The molecule has 0 aliphatic carbocycles. The molecular weight excluding hydrogens is 354 g/mol. The van der Waals surface area contributed by atoms with E-state index in [1.54, 1.807) is 18.3 Å². The summed E-state index contributed by atoms with van der Waals surface area (Å²) in [5.41, 5.74) is 3.09. The van der Waals surface area contributed by atoms with Gasteiger partial charge in [0.15, 0.2) is 0 Å². The third-order valence-corrected chi connectivity index (χ3v) is 4.87. The second-order valence-electron chi connectivity index (χ2n) is 6.91. The molecule has 0 radical (unpaired) electrons. The maximum absolute atomic E-state index is 10.7. The summed E-state index contributed by atoms with van der Waals surface area (Å²) in [7, 11) is 0. The van der Waals surface area contributed by atoms with Crippen LogP contribution in [-0.2, 0) is 6.54 Å². The topological polar surface area (TPSA) is 68.5 Å². The zero-order valence-corrected chi connectivity index (χ0v) is 15.3. The first-order chi connectivity index (χ1) is 13.7. The van der Waals surface area contributed by atoms with Crippen LogP contribution in [0.2, 0.25) is 0 Å². The number of hydrogen-bond acceptors (Lipinski definition) is 5. The molecule has 0 atom stereocenters. The van der Waals surface area contributed by atoms with Crippen LogP contribution in [0.5, 0.6) is 5.88 Å². The molecule has 1 aliphatic rings. The Hall–Kier alpha value is -3.25. The molecular formula is C22H21N3O3. The molecule has 28 heavy (non-hydrogen) atoms. The van der Waals surface area contributed by atoms with Gasteiger partial charge in [0, 0.05) is 35.8 Å². The van der Waals surface area contributed by atoms with Gasteiger partial charge in [-0.25, -0.2) is 4.98 Å². The predicted molar refractivity (Wildman–Crippen MR) is 106 cm³/mol. The van der Waals surface area contributed by atoms with Crippen molar-refractivity contribution in [3.63, 3.8) is 0 Å². The van der Waals surface area contributed by atoms with Gasteiger partial charge in [0.05, 0.1) is 6.04 Å². The fraction of sp³-hybridized carbons (Fsp3) is 0.227. The predicted octanol–water partition coefficient (Wildman–Crippen LogP) is 3.71. The minimum atomic E-state index is -0.353. The van der Waals surface area contributed by atoms with Crippen molar-refractivity contribution in [1.29, 1.82) is 0 Å². The zero-order chi connectivity index (χ0) is 19.3. The van der Waals surface area contributed by atoms with Gasteiger partial charge in [0.2, 0.25) is 12.4 Å². The fourth-order valence-corrected chi connectivity index (χ4v) is 3.57. The lowest BCUT2D eigenvalue weighted by atomic mass is 9.94. The van der Waals surface area contributed by atoms with E-state index in [1.807, 2.05) is 12.1 Å². The van der Waals surface area contributed by atoms with Crippen molar-refractivity contribution in [2.75, 3.05) is 13.1 Å². The van der Waals surface area contributed by atoms with Gasteiger partial charge >= 0.3 is 0 Å². The van der Waals surface area contributed by atoms with E-state index in [9.17, 15) is 10.1 Å². The molecule has 2 heterocycles. The molecule has 4 rings (SSSR count). The number of nitrogens with zero attached hydrogens (tertiary/aromatic N) is 3. The van der Waals surface area contributed by atoms with E-state index < -0.39 is 0 Å². The molecule has 0 N–H and O–H groups in total. The van der Waals surface area contributed by atoms with Crippen LogP contribution < -0.4 is 4.74 Å². The van der Waals surface area contributed by atoms with E-state index in [1.165, 1.54) is 11.1 Å². The van der Waals surface area contributed by atoms with Crippen LogP contribution in [0.3, 0.4) is 0 Å². The van der Waals surface area contributed by atoms with Gasteiger partial charge < -0.3 is 4.74 Å². The van der Waals surface area contributed by atoms with Gasteiger partial charge in [-0.15, -0.1) is 0 Å². The average Bonchev–Trinajstić information content (AvgIpc) is 2.68. The van der Waals surface area contributed by atoms with Crippen LogP contribution in [0.1, 0.15) is 22.7 Å². The van der Waals surface area contributed by atoms with Crippen LogP contribution >= 0.6 is 0 Å². The number of ether oxygens (including phenoxy) is 1. The summed E-state index contributed by atoms with van der Waals surface area (Å²) in [5.74, 6) is 0.444. The van der Waals surface area contributed by atoms with E-state index in [2.05, 4.69) is 58.4 Å². The number of pyridine rings is 1. The molecule has 0 amide bonds. The Kier molecular flexibility index (Phi) is 5.30. The molecule has 2 aromatic carbocycles.